The van der Waals surface area contributed by atoms with Crippen molar-refractivity contribution in [1.82, 2.24) is 4.90 Å². The van der Waals surface area contributed by atoms with Gasteiger partial charge in [0.15, 0.2) is 11.6 Å². The second-order valence-corrected chi connectivity index (χ2v) is 6.45. The Labute approximate surface area is 105 Å². The highest BCUT2D eigenvalue weighted by Crippen LogP contribution is 2.57. The van der Waals surface area contributed by atoms with Gasteiger partial charge in [0.05, 0.1) is 12.5 Å². The first-order valence-corrected chi connectivity index (χ1v) is 6.19. The van der Waals surface area contributed by atoms with Crippen molar-refractivity contribution in [2.45, 2.75) is 20.3 Å². The van der Waals surface area contributed by atoms with Crippen molar-refractivity contribution in [3.63, 3.8) is 0 Å². The Kier molecular flexibility index (Phi) is 1.98. The molecule has 1 aliphatic carbocycles. The molecule has 3 saturated heterocycles. The summed E-state index contributed by atoms with van der Waals surface area (Å²) in [6.45, 7) is 5.03. The van der Waals surface area contributed by atoms with E-state index in [1.165, 1.54) is 7.11 Å². The monoisotopic (exact) mass is 251 g/mol. The standard InChI is InChI=1S/C13H17NO4/c1-11-4-13(10(17)18-3)7-14(5-11)6-12(2,8(11)15)9(13)16/h4-7H2,1-3H3/t11-,12-,13-/m0/s1. The van der Waals surface area contributed by atoms with Crippen molar-refractivity contribution in [2.24, 2.45) is 16.2 Å². The molecule has 0 spiro atoms. The molecule has 4 aliphatic rings. The van der Waals surface area contributed by atoms with Gasteiger partial charge in [-0.3, -0.25) is 19.3 Å². The van der Waals surface area contributed by atoms with Crippen molar-refractivity contribution in [3.05, 3.63) is 0 Å². The Morgan fingerprint density at radius 3 is 2.44 bits per heavy atom. The van der Waals surface area contributed by atoms with Gasteiger partial charge >= 0.3 is 5.97 Å². The van der Waals surface area contributed by atoms with E-state index in [2.05, 4.69) is 4.90 Å². The van der Waals surface area contributed by atoms with Gasteiger partial charge in [0.25, 0.3) is 0 Å². The minimum Gasteiger partial charge on any atom is -0.468 e. The predicted molar refractivity (Wildman–Crippen MR) is 61.7 cm³/mol. The van der Waals surface area contributed by atoms with Crippen LogP contribution in [0.2, 0.25) is 0 Å². The summed E-state index contributed by atoms with van der Waals surface area (Å²) in [6, 6.07) is 0. The van der Waals surface area contributed by atoms with Crippen molar-refractivity contribution in [3.8, 4) is 0 Å². The number of hydrogen-bond donors (Lipinski definition) is 0. The van der Waals surface area contributed by atoms with E-state index < -0.39 is 22.2 Å². The molecule has 4 bridgehead atoms. The maximum atomic E-state index is 12.6. The quantitative estimate of drug-likeness (QED) is 0.486. The predicted octanol–water partition coefficient (Wildman–Crippen LogP) is 0.0295. The van der Waals surface area contributed by atoms with Crippen LogP contribution in [-0.4, -0.2) is 49.2 Å². The molecule has 0 N–H and O–H groups in total. The first-order valence-electron chi connectivity index (χ1n) is 6.19. The molecule has 5 nitrogen and oxygen atoms in total. The number of nitrogens with zero attached hydrogens (tertiary/aromatic N) is 1. The van der Waals surface area contributed by atoms with Crippen LogP contribution in [0.1, 0.15) is 20.3 Å². The van der Waals surface area contributed by atoms with Crippen LogP contribution < -0.4 is 0 Å². The molecular formula is C13H17NO4. The highest BCUT2D eigenvalue weighted by atomic mass is 16.5. The fraction of sp³-hybridized carbons (Fsp3) is 0.769. The zero-order valence-corrected chi connectivity index (χ0v) is 10.9. The molecule has 1 unspecified atom stereocenters. The third-order valence-corrected chi connectivity index (χ3v) is 4.86. The fourth-order valence-corrected chi connectivity index (χ4v) is 4.44. The van der Waals surface area contributed by atoms with E-state index in [9.17, 15) is 14.4 Å². The Bertz CT molecular complexity index is 487. The number of ketones is 2. The fourth-order valence-electron chi connectivity index (χ4n) is 4.44. The van der Waals surface area contributed by atoms with Gasteiger partial charge in [0.2, 0.25) is 0 Å². The highest BCUT2D eigenvalue weighted by Gasteiger charge is 2.72. The first kappa shape index (κ1) is 11.8. The topological polar surface area (TPSA) is 63.7 Å². The maximum Gasteiger partial charge on any atom is 0.320 e. The average molecular weight is 251 g/mol. The van der Waals surface area contributed by atoms with Gasteiger partial charge in [-0.2, -0.15) is 0 Å². The number of ether oxygens (including phenoxy) is 1. The van der Waals surface area contributed by atoms with Crippen molar-refractivity contribution in [1.29, 1.82) is 0 Å². The highest BCUT2D eigenvalue weighted by molar-refractivity contribution is 6.21. The molecule has 4 fully saturated rings. The van der Waals surface area contributed by atoms with E-state index >= 15 is 0 Å². The summed E-state index contributed by atoms with van der Waals surface area (Å²) in [5, 5.41) is 0. The molecule has 5 heteroatoms. The molecule has 0 radical (unpaired) electrons. The Hall–Kier alpha value is -1.23. The van der Waals surface area contributed by atoms with Gasteiger partial charge < -0.3 is 4.74 Å². The molecule has 4 atom stereocenters. The summed E-state index contributed by atoms with van der Waals surface area (Å²) in [7, 11) is 1.30. The van der Waals surface area contributed by atoms with Gasteiger partial charge in [-0.1, -0.05) is 6.92 Å². The van der Waals surface area contributed by atoms with Crippen LogP contribution >= 0.6 is 0 Å². The summed E-state index contributed by atoms with van der Waals surface area (Å²) in [6.07, 6.45) is 0.302. The SMILES string of the molecule is COC(=O)[C@]12CN3C[C@](C)(C1)C(=O)[C@](C)(C3)C2=O. The zero-order valence-electron chi connectivity index (χ0n) is 10.9. The lowest BCUT2D eigenvalue weighted by atomic mass is 9.47. The zero-order chi connectivity index (χ0) is 13.3. The minimum atomic E-state index is -1.12. The summed E-state index contributed by atoms with van der Waals surface area (Å²) in [4.78, 5) is 39.2. The van der Waals surface area contributed by atoms with E-state index in [1.54, 1.807) is 6.92 Å². The van der Waals surface area contributed by atoms with Gasteiger partial charge in [0, 0.05) is 25.0 Å². The Balaban J connectivity index is 2.18. The molecule has 3 aliphatic heterocycles. The minimum absolute atomic E-state index is 0.00419. The third-order valence-electron chi connectivity index (χ3n) is 4.86. The number of Topliss-reactive ketones (excluding diaryl/α,β-unsaturated/α-hetero) is 2. The lowest BCUT2D eigenvalue weighted by Gasteiger charge is -2.62. The number of piperidine rings is 3. The van der Waals surface area contributed by atoms with Gasteiger partial charge in [-0.25, -0.2) is 0 Å². The van der Waals surface area contributed by atoms with E-state index in [1.807, 2.05) is 6.92 Å². The molecule has 98 valence electrons. The number of rotatable bonds is 1. The maximum absolute atomic E-state index is 12.6. The number of carbonyl (C=O) groups is 3. The van der Waals surface area contributed by atoms with Crippen molar-refractivity contribution >= 4 is 17.5 Å². The van der Waals surface area contributed by atoms with Crippen LogP contribution in [0.15, 0.2) is 0 Å². The number of esters is 1. The summed E-state index contributed by atoms with van der Waals surface area (Å²) < 4.78 is 4.83. The Morgan fingerprint density at radius 2 is 1.83 bits per heavy atom. The molecule has 0 aromatic rings. The van der Waals surface area contributed by atoms with Crippen LogP contribution in [0, 0.1) is 16.2 Å². The van der Waals surface area contributed by atoms with Crippen molar-refractivity contribution < 1.29 is 19.1 Å². The number of hydrogen-bond acceptors (Lipinski definition) is 5. The van der Waals surface area contributed by atoms with Gasteiger partial charge in [-0.05, 0) is 13.3 Å². The van der Waals surface area contributed by atoms with Gasteiger partial charge in [-0.15, -0.1) is 0 Å². The smallest absolute Gasteiger partial charge is 0.320 e. The first-order chi connectivity index (χ1) is 8.28. The summed E-state index contributed by atoms with van der Waals surface area (Å²) in [5.74, 6) is -0.724. The summed E-state index contributed by atoms with van der Waals surface area (Å²) >= 11 is 0. The molecule has 0 amide bonds. The largest absolute Gasteiger partial charge is 0.468 e. The van der Waals surface area contributed by atoms with Crippen LogP contribution in [0.25, 0.3) is 0 Å². The van der Waals surface area contributed by atoms with Crippen LogP contribution in [0.4, 0.5) is 0 Å². The van der Waals surface area contributed by atoms with Gasteiger partial charge in [0.1, 0.15) is 5.41 Å². The van der Waals surface area contributed by atoms with Crippen LogP contribution in [-0.2, 0) is 19.1 Å². The van der Waals surface area contributed by atoms with E-state index in [0.29, 0.717) is 26.1 Å². The van der Waals surface area contributed by atoms with Crippen molar-refractivity contribution in [2.75, 3.05) is 26.7 Å². The van der Waals surface area contributed by atoms with Crippen LogP contribution in [0.5, 0.6) is 0 Å². The normalized spacial score (nSPS) is 49.6. The molecule has 3 heterocycles. The second kappa shape index (κ2) is 3.02. The Morgan fingerprint density at radius 1 is 1.17 bits per heavy atom. The van der Waals surface area contributed by atoms with Crippen LogP contribution in [0.3, 0.4) is 0 Å². The van der Waals surface area contributed by atoms with E-state index in [4.69, 9.17) is 4.74 Å². The average Bonchev–Trinajstić information content (AvgIpc) is 2.31. The second-order valence-electron chi connectivity index (χ2n) is 6.45. The number of carbonyl (C=O) groups excluding carboxylic acids is 3. The summed E-state index contributed by atoms with van der Waals surface area (Å²) in [5.41, 5.74) is -2.74. The molecule has 0 aromatic carbocycles. The number of methoxy groups -OCH3 is 1. The molecule has 0 aromatic heterocycles. The van der Waals surface area contributed by atoms with E-state index in [-0.39, 0.29) is 11.6 Å². The lowest BCUT2D eigenvalue weighted by Crippen LogP contribution is -2.77. The molecular weight excluding hydrogens is 234 g/mol. The molecule has 1 saturated carbocycles. The lowest BCUT2D eigenvalue weighted by molar-refractivity contribution is -0.196. The third kappa shape index (κ3) is 1.04. The van der Waals surface area contributed by atoms with E-state index in [0.717, 1.165) is 0 Å². The molecule has 18 heavy (non-hydrogen) atoms. The molecule has 4 rings (SSSR count).